The second kappa shape index (κ2) is 8.62. The molecule has 0 aromatic carbocycles. The largest absolute Gasteiger partial charge is 0.379 e. The standard InChI is InChI=1S/C22H27N7O3/c1-23-19-11-18(26-17-8-3-9-28(22(17)31)15-7-4-10-32-13-15)27-20-16(12-24-29(19)20)21(30)25-14-5-2-6-14/h3,8-9,11-12,14-15,23H,2,4-7,10,13H2,1H3,(H,25,30)(H,26,27)/t15-/m0/s1. The van der Waals surface area contributed by atoms with Crippen molar-refractivity contribution in [2.45, 2.75) is 44.2 Å². The number of rotatable bonds is 6. The van der Waals surface area contributed by atoms with Crippen molar-refractivity contribution in [1.82, 2.24) is 24.5 Å². The minimum Gasteiger partial charge on any atom is -0.379 e. The molecule has 1 amide bonds. The first kappa shape index (κ1) is 20.5. The van der Waals surface area contributed by atoms with E-state index in [1.807, 2.05) is 6.07 Å². The zero-order valence-corrected chi connectivity index (χ0v) is 18.0. The molecule has 1 aliphatic carbocycles. The summed E-state index contributed by atoms with van der Waals surface area (Å²) < 4.78 is 8.85. The zero-order valence-electron chi connectivity index (χ0n) is 18.0. The van der Waals surface area contributed by atoms with Gasteiger partial charge in [-0.05, 0) is 44.2 Å². The Morgan fingerprint density at radius 1 is 1.25 bits per heavy atom. The molecule has 2 fully saturated rings. The molecule has 1 saturated carbocycles. The van der Waals surface area contributed by atoms with E-state index in [1.54, 1.807) is 34.5 Å². The third-order valence-electron chi connectivity index (χ3n) is 6.18. The fraction of sp³-hybridized carbons (Fsp3) is 0.455. The van der Waals surface area contributed by atoms with E-state index in [-0.39, 0.29) is 23.6 Å². The van der Waals surface area contributed by atoms with Gasteiger partial charge in [-0.1, -0.05) is 0 Å². The van der Waals surface area contributed by atoms with Crippen LogP contribution in [0.15, 0.2) is 35.4 Å². The van der Waals surface area contributed by atoms with E-state index in [2.05, 4.69) is 26.0 Å². The predicted molar refractivity (Wildman–Crippen MR) is 121 cm³/mol. The zero-order chi connectivity index (χ0) is 22.1. The number of ether oxygens (including phenoxy) is 1. The van der Waals surface area contributed by atoms with Gasteiger partial charge in [-0.25, -0.2) is 4.98 Å². The Kier molecular flexibility index (Phi) is 5.52. The van der Waals surface area contributed by atoms with E-state index in [4.69, 9.17) is 4.74 Å². The molecule has 32 heavy (non-hydrogen) atoms. The van der Waals surface area contributed by atoms with Crippen LogP contribution >= 0.6 is 0 Å². The van der Waals surface area contributed by atoms with Gasteiger partial charge in [0.25, 0.3) is 11.5 Å². The number of aromatic nitrogens is 4. The lowest BCUT2D eigenvalue weighted by atomic mass is 9.93. The van der Waals surface area contributed by atoms with Crippen LogP contribution in [0, 0.1) is 0 Å². The molecular formula is C22H27N7O3. The molecule has 10 heteroatoms. The van der Waals surface area contributed by atoms with Crippen LogP contribution in [0.5, 0.6) is 0 Å². The molecule has 2 aliphatic rings. The smallest absolute Gasteiger partial charge is 0.274 e. The minimum absolute atomic E-state index is 0.0259. The van der Waals surface area contributed by atoms with Crippen LogP contribution in [0.3, 0.4) is 0 Å². The number of nitrogens with zero attached hydrogens (tertiary/aromatic N) is 4. The third kappa shape index (κ3) is 3.81. The van der Waals surface area contributed by atoms with Crippen LogP contribution in [0.25, 0.3) is 5.65 Å². The second-order valence-corrected chi connectivity index (χ2v) is 8.30. The minimum atomic E-state index is -0.184. The Labute approximate surface area is 185 Å². The van der Waals surface area contributed by atoms with Crippen molar-refractivity contribution in [1.29, 1.82) is 0 Å². The summed E-state index contributed by atoms with van der Waals surface area (Å²) in [6.07, 6.45) is 8.30. The van der Waals surface area contributed by atoms with E-state index in [0.717, 1.165) is 38.7 Å². The highest BCUT2D eigenvalue weighted by atomic mass is 16.5. The van der Waals surface area contributed by atoms with Gasteiger partial charge >= 0.3 is 0 Å². The first-order valence-corrected chi connectivity index (χ1v) is 11.1. The molecule has 4 heterocycles. The summed E-state index contributed by atoms with van der Waals surface area (Å²) in [6.45, 7) is 1.27. The molecule has 0 radical (unpaired) electrons. The van der Waals surface area contributed by atoms with Crippen LogP contribution < -0.4 is 21.5 Å². The van der Waals surface area contributed by atoms with E-state index in [0.29, 0.717) is 35.1 Å². The maximum atomic E-state index is 13.1. The Balaban J connectivity index is 1.47. The maximum absolute atomic E-state index is 13.1. The average Bonchev–Trinajstić information content (AvgIpc) is 3.22. The van der Waals surface area contributed by atoms with Crippen LogP contribution in [0.4, 0.5) is 17.3 Å². The summed E-state index contributed by atoms with van der Waals surface area (Å²) in [5, 5.41) is 13.6. The van der Waals surface area contributed by atoms with Crippen LogP contribution in [0.2, 0.25) is 0 Å². The molecule has 5 rings (SSSR count). The van der Waals surface area contributed by atoms with Gasteiger partial charge in [0, 0.05) is 32.0 Å². The maximum Gasteiger partial charge on any atom is 0.274 e. The van der Waals surface area contributed by atoms with Crippen molar-refractivity contribution in [2.24, 2.45) is 0 Å². The Morgan fingerprint density at radius 3 is 2.84 bits per heavy atom. The number of anilines is 3. The fourth-order valence-electron chi connectivity index (χ4n) is 4.15. The highest BCUT2D eigenvalue weighted by molar-refractivity contribution is 6.00. The first-order valence-electron chi connectivity index (χ1n) is 11.1. The van der Waals surface area contributed by atoms with Crippen molar-refractivity contribution in [3.05, 3.63) is 46.5 Å². The topological polar surface area (TPSA) is 115 Å². The fourth-order valence-corrected chi connectivity index (χ4v) is 4.15. The number of hydrogen-bond donors (Lipinski definition) is 3. The van der Waals surface area contributed by atoms with Crippen molar-refractivity contribution in [2.75, 3.05) is 30.9 Å². The highest BCUT2D eigenvalue weighted by Gasteiger charge is 2.24. The number of hydrogen-bond acceptors (Lipinski definition) is 7. The molecule has 168 valence electrons. The van der Waals surface area contributed by atoms with Gasteiger partial charge in [0.1, 0.15) is 22.9 Å². The van der Waals surface area contributed by atoms with Gasteiger partial charge in [0.05, 0.1) is 18.8 Å². The Bertz CT molecular complexity index is 1190. The molecule has 3 aromatic rings. The summed E-state index contributed by atoms with van der Waals surface area (Å²) in [5.41, 5.74) is 1.11. The number of amides is 1. The summed E-state index contributed by atoms with van der Waals surface area (Å²) in [4.78, 5) is 30.5. The van der Waals surface area contributed by atoms with E-state index in [1.165, 1.54) is 6.20 Å². The van der Waals surface area contributed by atoms with E-state index in [9.17, 15) is 9.59 Å². The number of nitrogens with one attached hydrogen (secondary N) is 3. The summed E-state index contributed by atoms with van der Waals surface area (Å²) >= 11 is 0. The average molecular weight is 438 g/mol. The second-order valence-electron chi connectivity index (χ2n) is 8.30. The molecule has 10 nitrogen and oxygen atoms in total. The molecule has 3 aromatic heterocycles. The highest BCUT2D eigenvalue weighted by Crippen LogP contribution is 2.23. The lowest BCUT2D eigenvalue weighted by Crippen LogP contribution is -2.39. The number of carbonyl (C=O) groups is 1. The van der Waals surface area contributed by atoms with Gasteiger partial charge in [0.15, 0.2) is 5.65 Å². The van der Waals surface area contributed by atoms with Gasteiger partial charge in [0.2, 0.25) is 0 Å². The molecule has 1 aliphatic heterocycles. The van der Waals surface area contributed by atoms with Crippen molar-refractivity contribution in [3.8, 4) is 0 Å². The van der Waals surface area contributed by atoms with Gasteiger partial charge in [-0.15, -0.1) is 0 Å². The summed E-state index contributed by atoms with van der Waals surface area (Å²) in [5.74, 6) is 0.919. The van der Waals surface area contributed by atoms with Crippen LogP contribution in [-0.4, -0.2) is 51.4 Å². The third-order valence-corrected chi connectivity index (χ3v) is 6.18. The predicted octanol–water partition coefficient (Wildman–Crippen LogP) is 2.31. The molecule has 1 saturated heterocycles. The van der Waals surface area contributed by atoms with Crippen LogP contribution in [0.1, 0.15) is 48.5 Å². The van der Waals surface area contributed by atoms with Crippen molar-refractivity contribution in [3.63, 3.8) is 0 Å². The number of fused-ring (bicyclic) bond motifs is 1. The lowest BCUT2D eigenvalue weighted by Gasteiger charge is -2.26. The Hall–Kier alpha value is -3.40. The molecule has 3 N–H and O–H groups in total. The molecule has 0 bridgehead atoms. The van der Waals surface area contributed by atoms with E-state index >= 15 is 0 Å². The summed E-state index contributed by atoms with van der Waals surface area (Å²) in [7, 11) is 1.77. The van der Waals surface area contributed by atoms with Gasteiger partial charge in [-0.3, -0.25) is 9.59 Å². The van der Waals surface area contributed by atoms with E-state index < -0.39 is 0 Å². The SMILES string of the molecule is CNc1cc(Nc2cccn([C@H]3CCCOC3)c2=O)nc2c(C(=O)NC3CCC3)cnn12. The molecule has 0 spiro atoms. The monoisotopic (exact) mass is 437 g/mol. The van der Waals surface area contributed by atoms with Crippen molar-refractivity contribution >= 4 is 28.9 Å². The Morgan fingerprint density at radius 2 is 2.12 bits per heavy atom. The van der Waals surface area contributed by atoms with Crippen LogP contribution in [-0.2, 0) is 4.74 Å². The normalized spacial score (nSPS) is 18.8. The molecule has 0 unspecified atom stereocenters. The lowest BCUT2D eigenvalue weighted by molar-refractivity contribution is 0.0581. The van der Waals surface area contributed by atoms with Crippen molar-refractivity contribution < 1.29 is 9.53 Å². The number of pyridine rings is 1. The number of carbonyl (C=O) groups excluding carboxylic acids is 1. The van der Waals surface area contributed by atoms with Gasteiger partial charge in [-0.2, -0.15) is 9.61 Å². The first-order chi connectivity index (χ1) is 15.6. The molecular weight excluding hydrogens is 410 g/mol. The quantitative estimate of drug-likeness (QED) is 0.542. The molecule has 1 atom stereocenters. The summed E-state index contributed by atoms with van der Waals surface area (Å²) in [6, 6.07) is 5.57. The van der Waals surface area contributed by atoms with Gasteiger partial charge < -0.3 is 25.3 Å².